The fraction of sp³-hybridized carbons (Fsp3) is 0.333. The number of ketones is 1. The second-order valence-corrected chi connectivity index (χ2v) is 6.69. The fourth-order valence-corrected chi connectivity index (χ4v) is 3.26. The van der Waals surface area contributed by atoms with Crippen molar-refractivity contribution in [3.05, 3.63) is 65.7 Å². The molecule has 0 aromatic heterocycles. The van der Waals surface area contributed by atoms with Crippen LogP contribution in [0.2, 0.25) is 0 Å². The zero-order valence-corrected chi connectivity index (χ0v) is 14.7. The van der Waals surface area contributed by atoms with Crippen LogP contribution in [0.1, 0.15) is 28.8 Å². The summed E-state index contributed by atoms with van der Waals surface area (Å²) in [5.41, 5.74) is 1.63. The number of carbonyl (C=O) groups is 2. The average Bonchev–Trinajstić information content (AvgIpc) is 2.69. The largest absolute Gasteiger partial charge is 0.396 e. The summed E-state index contributed by atoms with van der Waals surface area (Å²) in [6.07, 6.45) is 1.82. The summed E-state index contributed by atoms with van der Waals surface area (Å²) in [6, 6.07) is 16.1. The third kappa shape index (κ3) is 4.56. The highest BCUT2D eigenvalue weighted by molar-refractivity contribution is 6.13. The van der Waals surface area contributed by atoms with Gasteiger partial charge in [-0.05, 0) is 44.0 Å². The minimum atomic E-state index is -0.124. The number of piperidine rings is 1. The van der Waals surface area contributed by atoms with Gasteiger partial charge in [0.2, 0.25) is 5.91 Å². The van der Waals surface area contributed by atoms with Gasteiger partial charge in [-0.2, -0.15) is 0 Å². The molecule has 136 valence electrons. The maximum Gasteiger partial charge on any atom is 0.238 e. The summed E-state index contributed by atoms with van der Waals surface area (Å²) in [5.74, 6) is 0.115. The molecule has 1 fully saturated rings. The first kappa shape index (κ1) is 18.3. The maximum absolute atomic E-state index is 12.7. The number of amides is 1. The molecule has 2 aromatic carbocycles. The van der Waals surface area contributed by atoms with E-state index >= 15 is 0 Å². The molecule has 5 heteroatoms. The van der Waals surface area contributed by atoms with Crippen LogP contribution >= 0.6 is 0 Å². The summed E-state index contributed by atoms with van der Waals surface area (Å²) >= 11 is 0. The SMILES string of the molecule is O=C(CN1CCC(CO)CC1)Nc1ccccc1C(=O)c1ccccc1. The van der Waals surface area contributed by atoms with Crippen LogP contribution in [0.4, 0.5) is 5.69 Å². The topological polar surface area (TPSA) is 69.6 Å². The number of anilines is 1. The highest BCUT2D eigenvalue weighted by Gasteiger charge is 2.21. The Morgan fingerprint density at radius 3 is 2.35 bits per heavy atom. The van der Waals surface area contributed by atoms with E-state index in [-0.39, 0.29) is 18.3 Å². The van der Waals surface area contributed by atoms with Crippen molar-refractivity contribution in [3.63, 3.8) is 0 Å². The van der Waals surface area contributed by atoms with E-state index in [1.807, 2.05) is 24.3 Å². The van der Waals surface area contributed by atoms with Crippen molar-refractivity contribution in [2.75, 3.05) is 31.6 Å². The average molecular weight is 352 g/mol. The Balaban J connectivity index is 1.65. The van der Waals surface area contributed by atoms with Crippen molar-refractivity contribution in [2.24, 2.45) is 5.92 Å². The Labute approximate surface area is 153 Å². The lowest BCUT2D eigenvalue weighted by Crippen LogP contribution is -2.40. The van der Waals surface area contributed by atoms with Gasteiger partial charge < -0.3 is 10.4 Å². The predicted molar refractivity (Wildman–Crippen MR) is 101 cm³/mol. The number of benzene rings is 2. The zero-order chi connectivity index (χ0) is 18.4. The maximum atomic E-state index is 12.7. The number of carbonyl (C=O) groups excluding carboxylic acids is 2. The normalized spacial score (nSPS) is 15.6. The summed E-state index contributed by atoms with van der Waals surface area (Å²) in [7, 11) is 0. The molecule has 0 spiro atoms. The van der Waals surface area contributed by atoms with E-state index in [9.17, 15) is 14.7 Å². The molecule has 26 heavy (non-hydrogen) atoms. The molecule has 1 saturated heterocycles. The molecular formula is C21H24N2O3. The number of hydrogen-bond acceptors (Lipinski definition) is 4. The van der Waals surface area contributed by atoms with Crippen LogP contribution in [0.5, 0.6) is 0 Å². The first-order valence-corrected chi connectivity index (χ1v) is 8.99. The van der Waals surface area contributed by atoms with Crippen molar-refractivity contribution in [2.45, 2.75) is 12.8 Å². The van der Waals surface area contributed by atoms with Crippen LogP contribution in [0.3, 0.4) is 0 Å². The highest BCUT2D eigenvalue weighted by atomic mass is 16.3. The van der Waals surface area contributed by atoms with Gasteiger partial charge in [0.15, 0.2) is 5.78 Å². The Kier molecular flexibility index (Phi) is 6.15. The third-order valence-electron chi connectivity index (χ3n) is 4.81. The van der Waals surface area contributed by atoms with Crippen molar-refractivity contribution in [3.8, 4) is 0 Å². The van der Waals surface area contributed by atoms with Crippen LogP contribution < -0.4 is 5.32 Å². The van der Waals surface area contributed by atoms with Gasteiger partial charge in [-0.25, -0.2) is 0 Å². The molecule has 2 aromatic rings. The molecule has 3 rings (SSSR count). The summed E-state index contributed by atoms with van der Waals surface area (Å²) in [5, 5.41) is 12.1. The van der Waals surface area contributed by atoms with Crippen LogP contribution in [0.15, 0.2) is 54.6 Å². The highest BCUT2D eigenvalue weighted by Crippen LogP contribution is 2.20. The number of nitrogens with zero attached hydrogens (tertiary/aromatic N) is 1. The van der Waals surface area contributed by atoms with Crippen molar-refractivity contribution < 1.29 is 14.7 Å². The van der Waals surface area contributed by atoms with E-state index in [1.165, 1.54) is 0 Å². The second kappa shape index (κ2) is 8.74. The third-order valence-corrected chi connectivity index (χ3v) is 4.81. The number of aliphatic hydroxyl groups excluding tert-OH is 1. The van der Waals surface area contributed by atoms with Gasteiger partial charge >= 0.3 is 0 Å². The molecule has 0 atom stereocenters. The van der Waals surface area contributed by atoms with Gasteiger partial charge in [0.05, 0.1) is 12.2 Å². The molecule has 1 amide bonds. The first-order chi connectivity index (χ1) is 12.7. The number of rotatable bonds is 6. The Bertz CT molecular complexity index is 753. The van der Waals surface area contributed by atoms with E-state index in [0.717, 1.165) is 25.9 Å². The van der Waals surface area contributed by atoms with Crippen molar-refractivity contribution in [1.29, 1.82) is 0 Å². The van der Waals surface area contributed by atoms with E-state index in [1.54, 1.807) is 30.3 Å². The molecule has 1 aliphatic heterocycles. The van der Waals surface area contributed by atoms with Gasteiger partial charge in [-0.1, -0.05) is 42.5 Å². The zero-order valence-electron chi connectivity index (χ0n) is 14.7. The number of nitrogens with one attached hydrogen (secondary N) is 1. The molecule has 0 bridgehead atoms. The molecule has 1 heterocycles. The first-order valence-electron chi connectivity index (χ1n) is 8.99. The second-order valence-electron chi connectivity index (χ2n) is 6.69. The summed E-state index contributed by atoms with van der Waals surface area (Å²) in [6.45, 7) is 2.13. The van der Waals surface area contributed by atoms with Gasteiger partial charge in [0.1, 0.15) is 0 Å². The summed E-state index contributed by atoms with van der Waals surface area (Å²) in [4.78, 5) is 27.2. The monoisotopic (exact) mass is 352 g/mol. The molecular weight excluding hydrogens is 328 g/mol. The van der Waals surface area contributed by atoms with Crippen LogP contribution in [0, 0.1) is 5.92 Å². The Hall–Kier alpha value is -2.50. The van der Waals surface area contributed by atoms with E-state index < -0.39 is 0 Å². The van der Waals surface area contributed by atoms with Crippen molar-refractivity contribution >= 4 is 17.4 Å². The Morgan fingerprint density at radius 2 is 1.65 bits per heavy atom. The molecule has 0 unspecified atom stereocenters. The molecule has 1 aliphatic rings. The minimum absolute atomic E-state index is 0.106. The van der Waals surface area contributed by atoms with Crippen LogP contribution in [-0.4, -0.2) is 47.9 Å². The van der Waals surface area contributed by atoms with E-state index in [4.69, 9.17) is 0 Å². The lowest BCUT2D eigenvalue weighted by atomic mass is 9.98. The predicted octanol–water partition coefficient (Wildman–Crippen LogP) is 2.56. The number of aliphatic hydroxyl groups is 1. The van der Waals surface area contributed by atoms with Crippen LogP contribution in [0.25, 0.3) is 0 Å². The number of para-hydroxylation sites is 1. The smallest absolute Gasteiger partial charge is 0.238 e. The van der Waals surface area contributed by atoms with E-state index in [0.29, 0.717) is 29.3 Å². The minimum Gasteiger partial charge on any atom is -0.396 e. The molecule has 2 N–H and O–H groups in total. The quantitative estimate of drug-likeness (QED) is 0.784. The van der Waals surface area contributed by atoms with E-state index in [2.05, 4.69) is 10.2 Å². The lowest BCUT2D eigenvalue weighted by molar-refractivity contribution is -0.117. The molecule has 5 nitrogen and oxygen atoms in total. The van der Waals surface area contributed by atoms with Gasteiger partial charge in [-0.15, -0.1) is 0 Å². The number of likely N-dealkylation sites (tertiary alicyclic amines) is 1. The van der Waals surface area contributed by atoms with Gasteiger partial charge in [0.25, 0.3) is 0 Å². The summed E-state index contributed by atoms with van der Waals surface area (Å²) < 4.78 is 0. The Morgan fingerprint density at radius 1 is 1.00 bits per heavy atom. The number of hydrogen-bond donors (Lipinski definition) is 2. The van der Waals surface area contributed by atoms with Crippen molar-refractivity contribution in [1.82, 2.24) is 4.90 Å². The molecule has 0 radical (unpaired) electrons. The standard InChI is InChI=1S/C21H24N2O3/c24-15-16-10-12-23(13-11-16)14-20(25)22-19-9-5-4-8-18(19)21(26)17-6-2-1-3-7-17/h1-9,16,24H,10-15H2,(H,22,25). The van der Waals surface area contributed by atoms with Gasteiger partial charge in [0, 0.05) is 17.7 Å². The molecule has 0 aliphatic carbocycles. The van der Waals surface area contributed by atoms with Crippen LogP contribution in [-0.2, 0) is 4.79 Å². The van der Waals surface area contributed by atoms with Gasteiger partial charge in [-0.3, -0.25) is 14.5 Å². The fourth-order valence-electron chi connectivity index (χ4n) is 3.26. The molecule has 0 saturated carbocycles. The lowest BCUT2D eigenvalue weighted by Gasteiger charge is -2.30.